The van der Waals surface area contributed by atoms with E-state index in [0.29, 0.717) is 0 Å². The van der Waals surface area contributed by atoms with E-state index >= 15 is 0 Å². The van der Waals surface area contributed by atoms with Gasteiger partial charge < -0.3 is 10.2 Å². The summed E-state index contributed by atoms with van der Waals surface area (Å²) in [5, 5.41) is 2.56. The van der Waals surface area contributed by atoms with Gasteiger partial charge in [0.15, 0.2) is 0 Å². The molecule has 0 aromatic rings. The Kier molecular flexibility index (Phi) is 4.00. The third-order valence-electron chi connectivity index (χ3n) is 2.46. The molecule has 7 heteroatoms. The molecule has 1 saturated heterocycles. The number of carbonyl (C=O) groups is 2. The predicted octanol–water partition coefficient (Wildman–Crippen LogP) is 0.922. The lowest BCUT2D eigenvalue weighted by Gasteiger charge is -2.19. The molecule has 0 aliphatic carbocycles. The van der Waals surface area contributed by atoms with Crippen LogP contribution < -0.4 is 5.32 Å². The molecule has 0 unspecified atom stereocenters. The molecule has 1 fully saturated rings. The standard InChI is InChI=1S/C10H15F3N2O2/c1-6(2)9(17)14-7-3-8(16)15(4-7)5-10(11,12)13/h6-7H,3-5H2,1-2H3,(H,14,17)/t7-/m0/s1. The number of hydrogen-bond donors (Lipinski definition) is 1. The number of nitrogens with zero attached hydrogens (tertiary/aromatic N) is 1. The van der Waals surface area contributed by atoms with Crippen molar-refractivity contribution in [3.63, 3.8) is 0 Å². The second-order valence-electron chi connectivity index (χ2n) is 4.45. The lowest BCUT2D eigenvalue weighted by atomic mass is 10.2. The molecular formula is C10H15F3N2O2. The van der Waals surface area contributed by atoms with Gasteiger partial charge in [-0.2, -0.15) is 13.2 Å². The molecule has 0 bridgehead atoms. The average molecular weight is 252 g/mol. The number of carbonyl (C=O) groups excluding carboxylic acids is 2. The van der Waals surface area contributed by atoms with Crippen molar-refractivity contribution in [3.05, 3.63) is 0 Å². The molecule has 1 atom stereocenters. The van der Waals surface area contributed by atoms with Gasteiger partial charge in [-0.15, -0.1) is 0 Å². The topological polar surface area (TPSA) is 49.4 Å². The van der Waals surface area contributed by atoms with E-state index in [4.69, 9.17) is 0 Å². The van der Waals surface area contributed by atoms with Gasteiger partial charge in [0, 0.05) is 18.9 Å². The SMILES string of the molecule is CC(C)C(=O)N[C@H]1CC(=O)N(CC(F)(F)F)C1. The zero-order valence-electron chi connectivity index (χ0n) is 9.67. The minimum absolute atomic E-state index is 0.0610. The molecule has 0 saturated carbocycles. The van der Waals surface area contributed by atoms with Crippen LogP contribution in [0.1, 0.15) is 20.3 Å². The van der Waals surface area contributed by atoms with Crippen molar-refractivity contribution >= 4 is 11.8 Å². The maximum absolute atomic E-state index is 12.1. The van der Waals surface area contributed by atoms with Gasteiger partial charge in [-0.3, -0.25) is 9.59 Å². The molecule has 0 spiro atoms. The maximum Gasteiger partial charge on any atom is 0.406 e. The number of nitrogens with one attached hydrogen (secondary N) is 1. The van der Waals surface area contributed by atoms with Crippen LogP contribution in [0.4, 0.5) is 13.2 Å². The highest BCUT2D eigenvalue weighted by Crippen LogP contribution is 2.20. The minimum Gasteiger partial charge on any atom is -0.351 e. The van der Waals surface area contributed by atoms with Gasteiger partial charge in [-0.25, -0.2) is 0 Å². The van der Waals surface area contributed by atoms with Crippen molar-refractivity contribution in [2.24, 2.45) is 5.92 Å². The predicted molar refractivity (Wildman–Crippen MR) is 54.0 cm³/mol. The summed E-state index contributed by atoms with van der Waals surface area (Å²) in [6.45, 7) is 2.04. The van der Waals surface area contributed by atoms with Gasteiger partial charge in [-0.1, -0.05) is 13.8 Å². The highest BCUT2D eigenvalue weighted by molar-refractivity contribution is 5.82. The van der Waals surface area contributed by atoms with E-state index in [9.17, 15) is 22.8 Å². The Morgan fingerprint density at radius 2 is 2.12 bits per heavy atom. The average Bonchev–Trinajstić information content (AvgIpc) is 2.43. The van der Waals surface area contributed by atoms with E-state index < -0.39 is 24.7 Å². The largest absolute Gasteiger partial charge is 0.406 e. The summed E-state index contributed by atoms with van der Waals surface area (Å²) in [7, 11) is 0. The van der Waals surface area contributed by atoms with Gasteiger partial charge in [0.2, 0.25) is 11.8 Å². The molecule has 1 rings (SSSR count). The van der Waals surface area contributed by atoms with E-state index in [0.717, 1.165) is 4.90 Å². The van der Waals surface area contributed by atoms with Gasteiger partial charge >= 0.3 is 6.18 Å². The van der Waals surface area contributed by atoms with E-state index in [1.54, 1.807) is 13.8 Å². The number of amides is 2. The summed E-state index contributed by atoms with van der Waals surface area (Å²) < 4.78 is 36.4. The monoisotopic (exact) mass is 252 g/mol. The minimum atomic E-state index is -4.40. The summed E-state index contributed by atoms with van der Waals surface area (Å²) in [6, 6.07) is -0.514. The van der Waals surface area contributed by atoms with Gasteiger partial charge in [0.1, 0.15) is 6.54 Å². The molecule has 0 aromatic carbocycles. The Morgan fingerprint density at radius 1 is 1.53 bits per heavy atom. The van der Waals surface area contributed by atoms with Crippen molar-refractivity contribution in [2.75, 3.05) is 13.1 Å². The van der Waals surface area contributed by atoms with Gasteiger partial charge in [-0.05, 0) is 0 Å². The summed E-state index contributed by atoms with van der Waals surface area (Å²) >= 11 is 0. The molecular weight excluding hydrogens is 237 g/mol. The van der Waals surface area contributed by atoms with E-state index in [-0.39, 0.29) is 24.8 Å². The summed E-state index contributed by atoms with van der Waals surface area (Å²) in [5.74, 6) is -1.07. The normalized spacial score (nSPS) is 21.2. The van der Waals surface area contributed by atoms with Crippen LogP contribution in [0.15, 0.2) is 0 Å². The molecule has 0 aromatic heterocycles. The smallest absolute Gasteiger partial charge is 0.351 e. The van der Waals surface area contributed by atoms with Gasteiger partial charge in [0.05, 0.1) is 6.04 Å². The molecule has 17 heavy (non-hydrogen) atoms. The Balaban J connectivity index is 2.50. The fourth-order valence-corrected chi connectivity index (χ4v) is 1.61. The molecule has 1 N–H and O–H groups in total. The number of hydrogen-bond acceptors (Lipinski definition) is 2. The van der Waals surface area contributed by atoms with Crippen molar-refractivity contribution in [1.82, 2.24) is 10.2 Å². The fourth-order valence-electron chi connectivity index (χ4n) is 1.61. The number of halogens is 3. The third-order valence-corrected chi connectivity index (χ3v) is 2.46. The molecule has 1 aliphatic rings. The van der Waals surface area contributed by atoms with Crippen LogP contribution in [0.2, 0.25) is 0 Å². The zero-order valence-corrected chi connectivity index (χ0v) is 9.67. The van der Waals surface area contributed by atoms with E-state index in [2.05, 4.69) is 5.32 Å². The first-order valence-corrected chi connectivity index (χ1v) is 5.34. The second-order valence-corrected chi connectivity index (χ2v) is 4.45. The summed E-state index contributed by atoms with van der Waals surface area (Å²) in [6.07, 6.45) is -4.46. The Bertz CT molecular complexity index is 315. The summed E-state index contributed by atoms with van der Waals surface area (Å²) in [5.41, 5.74) is 0. The van der Waals surface area contributed by atoms with Crippen molar-refractivity contribution in [2.45, 2.75) is 32.5 Å². The quantitative estimate of drug-likeness (QED) is 0.812. The fraction of sp³-hybridized carbons (Fsp3) is 0.800. The van der Waals surface area contributed by atoms with Crippen molar-refractivity contribution < 1.29 is 22.8 Å². The Labute approximate surface area is 97.1 Å². The summed E-state index contributed by atoms with van der Waals surface area (Å²) in [4.78, 5) is 23.4. The van der Waals surface area contributed by atoms with Crippen molar-refractivity contribution in [3.8, 4) is 0 Å². The molecule has 1 aliphatic heterocycles. The lowest BCUT2D eigenvalue weighted by molar-refractivity contribution is -0.157. The molecule has 1 heterocycles. The van der Waals surface area contributed by atoms with Crippen LogP contribution in [0, 0.1) is 5.92 Å². The molecule has 4 nitrogen and oxygen atoms in total. The zero-order chi connectivity index (χ0) is 13.2. The Hall–Kier alpha value is -1.27. The maximum atomic E-state index is 12.1. The molecule has 0 radical (unpaired) electrons. The van der Waals surface area contributed by atoms with Crippen LogP contribution in [0.3, 0.4) is 0 Å². The highest BCUT2D eigenvalue weighted by atomic mass is 19.4. The van der Waals surface area contributed by atoms with E-state index in [1.165, 1.54) is 0 Å². The third kappa shape index (κ3) is 4.24. The second kappa shape index (κ2) is 4.93. The van der Waals surface area contributed by atoms with Crippen LogP contribution in [0.5, 0.6) is 0 Å². The van der Waals surface area contributed by atoms with E-state index in [1.807, 2.05) is 0 Å². The van der Waals surface area contributed by atoms with Crippen molar-refractivity contribution in [1.29, 1.82) is 0 Å². The molecule has 98 valence electrons. The first-order valence-electron chi connectivity index (χ1n) is 5.34. The number of rotatable bonds is 3. The highest BCUT2D eigenvalue weighted by Gasteiger charge is 2.38. The lowest BCUT2D eigenvalue weighted by Crippen LogP contribution is -2.41. The number of likely N-dealkylation sites (tertiary alicyclic amines) is 1. The van der Waals surface area contributed by atoms with Crippen LogP contribution in [0.25, 0.3) is 0 Å². The van der Waals surface area contributed by atoms with Gasteiger partial charge in [0.25, 0.3) is 0 Å². The first kappa shape index (κ1) is 13.8. The number of alkyl halides is 3. The van der Waals surface area contributed by atoms with Crippen LogP contribution in [-0.4, -0.2) is 42.0 Å². The first-order chi connectivity index (χ1) is 7.69. The Morgan fingerprint density at radius 3 is 2.59 bits per heavy atom. The molecule has 2 amide bonds. The van der Waals surface area contributed by atoms with Crippen LogP contribution in [-0.2, 0) is 9.59 Å². The van der Waals surface area contributed by atoms with Crippen LogP contribution >= 0.6 is 0 Å².